The lowest BCUT2D eigenvalue weighted by Crippen LogP contribution is -2.48. The number of aryl methyl sites for hydroxylation is 2. The van der Waals surface area contributed by atoms with Crippen molar-refractivity contribution in [1.82, 2.24) is 14.8 Å². The molecule has 1 saturated heterocycles. The summed E-state index contributed by atoms with van der Waals surface area (Å²) >= 11 is 0. The third kappa shape index (κ3) is 5.09. The first-order valence-electron chi connectivity index (χ1n) is 11.1. The van der Waals surface area contributed by atoms with Crippen LogP contribution in [-0.2, 0) is 6.54 Å². The zero-order valence-corrected chi connectivity index (χ0v) is 19.2. The van der Waals surface area contributed by atoms with E-state index < -0.39 is 4.92 Å². The monoisotopic (exact) mass is 444 g/mol. The fraction of sp³-hybridized carbons (Fsp3) is 0.308. The summed E-state index contributed by atoms with van der Waals surface area (Å²) < 4.78 is 0. The van der Waals surface area contributed by atoms with Gasteiger partial charge in [-0.05, 0) is 79.4 Å². The van der Waals surface area contributed by atoms with E-state index in [1.165, 1.54) is 46.5 Å². The van der Waals surface area contributed by atoms with Crippen LogP contribution >= 0.6 is 0 Å². The van der Waals surface area contributed by atoms with Crippen LogP contribution in [0.5, 0.6) is 0 Å². The van der Waals surface area contributed by atoms with Crippen molar-refractivity contribution in [3.05, 3.63) is 92.7 Å². The average molecular weight is 445 g/mol. The highest BCUT2D eigenvalue weighted by Crippen LogP contribution is 2.24. The summed E-state index contributed by atoms with van der Waals surface area (Å²) in [4.78, 5) is 31.8. The van der Waals surface area contributed by atoms with E-state index in [4.69, 9.17) is 0 Å². The van der Waals surface area contributed by atoms with E-state index in [9.17, 15) is 14.9 Å². The highest BCUT2D eigenvalue weighted by Gasteiger charge is 2.23. The van der Waals surface area contributed by atoms with Crippen LogP contribution in [0.4, 0.5) is 5.69 Å². The summed E-state index contributed by atoms with van der Waals surface area (Å²) in [6.07, 6.45) is 1.86. The largest absolute Gasteiger partial charge is 0.336 e. The van der Waals surface area contributed by atoms with E-state index in [-0.39, 0.29) is 11.6 Å². The molecule has 0 aliphatic carbocycles. The molecule has 0 radical (unpaired) electrons. The molecule has 2 heterocycles. The molecule has 0 bridgehead atoms. The first-order valence-corrected chi connectivity index (χ1v) is 11.1. The van der Waals surface area contributed by atoms with Gasteiger partial charge in [-0.3, -0.25) is 24.8 Å². The Morgan fingerprint density at radius 1 is 0.970 bits per heavy atom. The number of hydrogen-bond donors (Lipinski definition) is 0. The van der Waals surface area contributed by atoms with Gasteiger partial charge in [0.05, 0.1) is 10.6 Å². The van der Waals surface area contributed by atoms with Crippen LogP contribution in [0.2, 0.25) is 0 Å². The van der Waals surface area contributed by atoms with Gasteiger partial charge >= 0.3 is 0 Å². The molecule has 1 fully saturated rings. The quantitative estimate of drug-likeness (QED) is 0.426. The van der Waals surface area contributed by atoms with Crippen molar-refractivity contribution in [2.75, 3.05) is 26.2 Å². The molecule has 0 unspecified atom stereocenters. The maximum atomic E-state index is 12.8. The number of pyridine rings is 1. The van der Waals surface area contributed by atoms with Gasteiger partial charge in [0, 0.05) is 62.2 Å². The lowest BCUT2D eigenvalue weighted by molar-refractivity contribution is -0.384. The van der Waals surface area contributed by atoms with Crippen molar-refractivity contribution in [2.24, 2.45) is 0 Å². The number of nitrogens with zero attached hydrogens (tertiary/aromatic N) is 4. The van der Waals surface area contributed by atoms with Crippen molar-refractivity contribution in [3.8, 4) is 11.3 Å². The molecule has 3 aromatic rings. The number of amides is 1. The Morgan fingerprint density at radius 2 is 1.61 bits per heavy atom. The van der Waals surface area contributed by atoms with Crippen LogP contribution in [0, 0.1) is 30.9 Å². The van der Waals surface area contributed by atoms with Gasteiger partial charge in [0.25, 0.3) is 11.6 Å². The van der Waals surface area contributed by atoms with Gasteiger partial charge in [0.1, 0.15) is 0 Å². The maximum absolute atomic E-state index is 12.8. The van der Waals surface area contributed by atoms with Gasteiger partial charge in [-0.1, -0.05) is 0 Å². The van der Waals surface area contributed by atoms with Crippen LogP contribution in [0.1, 0.15) is 32.6 Å². The molecule has 7 nitrogen and oxygen atoms in total. The number of non-ortho nitro benzene ring substituents is 1. The van der Waals surface area contributed by atoms with Crippen LogP contribution in [0.3, 0.4) is 0 Å². The number of carbonyl (C=O) groups excluding carboxylic acids is 1. The van der Waals surface area contributed by atoms with Crippen molar-refractivity contribution in [3.63, 3.8) is 0 Å². The number of nitro benzene ring substituents is 1. The van der Waals surface area contributed by atoms with Gasteiger partial charge < -0.3 is 4.90 Å². The van der Waals surface area contributed by atoms with Gasteiger partial charge in [-0.15, -0.1) is 0 Å². The molecule has 1 aromatic heterocycles. The molecule has 1 aliphatic heterocycles. The van der Waals surface area contributed by atoms with Gasteiger partial charge in [-0.2, -0.15) is 0 Å². The Kier molecular flexibility index (Phi) is 6.51. The first-order chi connectivity index (χ1) is 15.8. The number of carbonyl (C=O) groups is 1. The topological polar surface area (TPSA) is 79.6 Å². The summed E-state index contributed by atoms with van der Waals surface area (Å²) in [6.45, 7) is 10.0. The Hall–Kier alpha value is -3.58. The molecule has 170 valence electrons. The predicted molar refractivity (Wildman–Crippen MR) is 128 cm³/mol. The second kappa shape index (κ2) is 9.50. The highest BCUT2D eigenvalue weighted by atomic mass is 16.6. The second-order valence-corrected chi connectivity index (χ2v) is 8.66. The van der Waals surface area contributed by atoms with Gasteiger partial charge in [-0.25, -0.2) is 0 Å². The van der Waals surface area contributed by atoms with E-state index in [0.29, 0.717) is 18.7 Å². The maximum Gasteiger partial charge on any atom is 0.269 e. The SMILES string of the molecule is Cc1cc(-c2cc(CN3CCN(C(=O)c4ccc([N+](=O)[O-])cc4)CC3)ccn2)cc(C)c1C. The molecule has 1 amide bonds. The second-order valence-electron chi connectivity index (χ2n) is 8.66. The predicted octanol–water partition coefficient (Wildman–Crippen LogP) is 4.54. The van der Waals surface area contributed by atoms with Crippen molar-refractivity contribution >= 4 is 11.6 Å². The molecule has 7 heteroatoms. The molecular weight excluding hydrogens is 416 g/mol. The minimum atomic E-state index is -0.460. The molecule has 4 rings (SSSR count). The van der Waals surface area contributed by atoms with Crippen molar-refractivity contribution < 1.29 is 9.72 Å². The fourth-order valence-electron chi connectivity index (χ4n) is 4.19. The highest BCUT2D eigenvalue weighted by molar-refractivity contribution is 5.94. The molecule has 1 aliphatic rings. The van der Waals surface area contributed by atoms with Crippen LogP contribution < -0.4 is 0 Å². The third-order valence-corrected chi connectivity index (χ3v) is 6.44. The summed E-state index contributed by atoms with van der Waals surface area (Å²) in [5.41, 5.74) is 7.64. The number of hydrogen-bond acceptors (Lipinski definition) is 5. The molecule has 0 saturated carbocycles. The third-order valence-electron chi connectivity index (χ3n) is 6.44. The molecule has 0 spiro atoms. The minimum Gasteiger partial charge on any atom is -0.336 e. The van der Waals surface area contributed by atoms with E-state index in [1.807, 2.05) is 17.2 Å². The standard InChI is InChI=1S/C26H28N4O3/c1-18-14-23(15-19(2)20(18)3)25-16-21(8-9-27-25)17-28-10-12-29(13-11-28)26(31)22-4-6-24(7-5-22)30(32)33/h4-9,14-16H,10-13,17H2,1-3H3. The Bertz CT molecular complexity index is 1160. The molecular formula is C26H28N4O3. The molecule has 0 N–H and O–H groups in total. The van der Waals surface area contributed by atoms with Crippen LogP contribution in [-0.4, -0.2) is 51.8 Å². The Labute approximate surface area is 193 Å². The summed E-state index contributed by atoms with van der Waals surface area (Å²) in [6, 6.07) is 14.4. The zero-order valence-electron chi connectivity index (χ0n) is 19.2. The van der Waals surface area contributed by atoms with Gasteiger partial charge in [0.2, 0.25) is 0 Å². The van der Waals surface area contributed by atoms with Crippen molar-refractivity contribution in [2.45, 2.75) is 27.3 Å². The number of rotatable bonds is 5. The van der Waals surface area contributed by atoms with Gasteiger partial charge in [0.15, 0.2) is 0 Å². The summed E-state index contributed by atoms with van der Waals surface area (Å²) in [5, 5.41) is 10.8. The smallest absolute Gasteiger partial charge is 0.269 e. The lowest BCUT2D eigenvalue weighted by Gasteiger charge is -2.34. The first kappa shape index (κ1) is 22.6. The van der Waals surface area contributed by atoms with E-state index in [0.717, 1.165) is 30.9 Å². The van der Waals surface area contributed by atoms with Crippen LogP contribution in [0.25, 0.3) is 11.3 Å². The number of aromatic nitrogens is 1. The lowest BCUT2D eigenvalue weighted by atomic mass is 9.98. The summed E-state index contributed by atoms with van der Waals surface area (Å²) in [7, 11) is 0. The number of benzene rings is 2. The van der Waals surface area contributed by atoms with Crippen molar-refractivity contribution in [1.29, 1.82) is 0 Å². The van der Waals surface area contributed by atoms with E-state index in [2.05, 4.69) is 48.9 Å². The Balaban J connectivity index is 1.38. The Morgan fingerprint density at radius 3 is 2.21 bits per heavy atom. The molecule has 2 aromatic carbocycles. The zero-order chi connectivity index (χ0) is 23.5. The normalized spacial score (nSPS) is 14.3. The molecule has 33 heavy (non-hydrogen) atoms. The molecule has 0 atom stereocenters. The fourth-order valence-corrected chi connectivity index (χ4v) is 4.19. The average Bonchev–Trinajstić information content (AvgIpc) is 2.82. The number of nitro groups is 1. The van der Waals surface area contributed by atoms with E-state index in [1.54, 1.807) is 0 Å². The number of piperazine rings is 1. The summed E-state index contributed by atoms with van der Waals surface area (Å²) in [5.74, 6) is -0.0825. The van der Waals surface area contributed by atoms with E-state index >= 15 is 0 Å². The minimum absolute atomic E-state index is 0.0101. The van der Waals surface area contributed by atoms with Crippen LogP contribution in [0.15, 0.2) is 54.7 Å².